The molecule has 0 aliphatic carbocycles. The molecule has 1 aromatic rings. The molecule has 7 nitrogen and oxygen atoms in total. The fourth-order valence-corrected chi connectivity index (χ4v) is 5.39. The Morgan fingerprint density at radius 1 is 1.19 bits per heavy atom. The van der Waals surface area contributed by atoms with Crippen LogP contribution in [0.2, 0.25) is 0 Å². The van der Waals surface area contributed by atoms with Crippen molar-refractivity contribution in [1.82, 2.24) is 14.8 Å². The predicted molar refractivity (Wildman–Crippen MR) is 105 cm³/mol. The third-order valence-corrected chi connectivity index (χ3v) is 7.03. The zero-order valence-electron chi connectivity index (χ0n) is 15.9. The van der Waals surface area contributed by atoms with Crippen LogP contribution in [0.1, 0.15) is 31.4 Å². The van der Waals surface area contributed by atoms with Crippen molar-refractivity contribution in [3.63, 3.8) is 0 Å². The normalized spacial score (nSPS) is 25.7. The molecule has 1 N–H and O–H groups in total. The number of rotatable bonds is 4. The minimum Gasteiger partial charge on any atom is -0.390 e. The molecule has 3 aliphatic heterocycles. The van der Waals surface area contributed by atoms with Crippen molar-refractivity contribution >= 4 is 22.4 Å². The summed E-state index contributed by atoms with van der Waals surface area (Å²) in [4.78, 5) is 24.3. The molecule has 1 amide bonds. The standard InChI is InChI=1S/C19H30N4O3S/c24-13-16-14-27-19(20-16)22-6-3-17(4-7-22)23-5-1-2-15(12-23)18(25)21-8-10-26-11-9-21/h14-15,17,24H,1-13H2/t15-/m0/s1. The lowest BCUT2D eigenvalue weighted by molar-refractivity contribution is -0.141. The smallest absolute Gasteiger partial charge is 0.227 e. The molecule has 3 aliphatic rings. The SMILES string of the molecule is O=C([C@H]1CCCN(C2CCN(c3nc(CO)cs3)CC2)C1)N1CCOCC1. The quantitative estimate of drug-likeness (QED) is 0.827. The van der Waals surface area contributed by atoms with E-state index in [9.17, 15) is 9.90 Å². The van der Waals surface area contributed by atoms with E-state index >= 15 is 0 Å². The Hall–Kier alpha value is -1.22. The maximum absolute atomic E-state index is 12.9. The van der Waals surface area contributed by atoms with Crippen LogP contribution in [0.15, 0.2) is 5.38 Å². The van der Waals surface area contributed by atoms with Crippen LogP contribution in [-0.4, -0.2) is 84.3 Å². The van der Waals surface area contributed by atoms with Crippen molar-refractivity contribution in [3.05, 3.63) is 11.1 Å². The lowest BCUT2D eigenvalue weighted by Gasteiger charge is -2.43. The Kier molecular flexibility index (Phi) is 6.27. The molecule has 3 saturated heterocycles. The first-order valence-electron chi connectivity index (χ1n) is 10.2. The summed E-state index contributed by atoms with van der Waals surface area (Å²) in [5, 5.41) is 12.2. The molecule has 0 unspecified atom stereocenters. The Bertz CT molecular complexity index is 626. The molecule has 0 bridgehead atoms. The third-order valence-electron chi connectivity index (χ3n) is 6.08. The van der Waals surface area contributed by atoms with Gasteiger partial charge in [0.05, 0.1) is 31.4 Å². The van der Waals surface area contributed by atoms with Crippen LogP contribution in [-0.2, 0) is 16.1 Å². The fourth-order valence-electron chi connectivity index (χ4n) is 4.52. The van der Waals surface area contributed by atoms with E-state index in [1.54, 1.807) is 11.3 Å². The molecule has 1 aromatic heterocycles. The highest BCUT2D eigenvalue weighted by Crippen LogP contribution is 2.28. The molecule has 0 saturated carbocycles. The van der Waals surface area contributed by atoms with Crippen molar-refractivity contribution in [2.45, 2.75) is 38.3 Å². The number of aliphatic hydroxyl groups excluding tert-OH is 1. The van der Waals surface area contributed by atoms with Crippen molar-refractivity contribution in [2.24, 2.45) is 5.92 Å². The average Bonchev–Trinajstić information content (AvgIpc) is 3.23. The number of aromatic nitrogens is 1. The molecule has 0 aromatic carbocycles. The van der Waals surface area contributed by atoms with E-state index < -0.39 is 0 Å². The number of anilines is 1. The second kappa shape index (κ2) is 8.86. The van der Waals surface area contributed by atoms with Gasteiger partial charge in [-0.15, -0.1) is 11.3 Å². The number of hydrogen-bond donors (Lipinski definition) is 1. The van der Waals surface area contributed by atoms with Crippen LogP contribution in [0.3, 0.4) is 0 Å². The highest BCUT2D eigenvalue weighted by atomic mass is 32.1. The van der Waals surface area contributed by atoms with Gasteiger partial charge in [-0.05, 0) is 32.2 Å². The molecule has 150 valence electrons. The molecule has 0 spiro atoms. The van der Waals surface area contributed by atoms with Gasteiger partial charge in [0.1, 0.15) is 0 Å². The van der Waals surface area contributed by atoms with Gasteiger partial charge in [0.2, 0.25) is 5.91 Å². The lowest BCUT2D eigenvalue weighted by Crippen LogP contribution is -2.52. The second-order valence-electron chi connectivity index (χ2n) is 7.77. The van der Waals surface area contributed by atoms with E-state index in [1.807, 2.05) is 10.3 Å². The number of ether oxygens (including phenoxy) is 1. The molecule has 4 rings (SSSR count). The lowest BCUT2D eigenvalue weighted by atomic mass is 9.93. The van der Waals surface area contributed by atoms with Crippen molar-refractivity contribution in [3.8, 4) is 0 Å². The van der Waals surface area contributed by atoms with E-state index in [-0.39, 0.29) is 12.5 Å². The largest absolute Gasteiger partial charge is 0.390 e. The first kappa shape index (κ1) is 19.1. The van der Waals surface area contributed by atoms with E-state index in [1.165, 1.54) is 0 Å². The molecule has 8 heteroatoms. The Morgan fingerprint density at radius 2 is 1.96 bits per heavy atom. The molecular weight excluding hydrogens is 364 g/mol. The maximum Gasteiger partial charge on any atom is 0.227 e. The summed E-state index contributed by atoms with van der Waals surface area (Å²) in [5.41, 5.74) is 0.762. The van der Waals surface area contributed by atoms with Gasteiger partial charge in [-0.25, -0.2) is 4.98 Å². The third kappa shape index (κ3) is 4.45. The number of morpholine rings is 1. The van der Waals surface area contributed by atoms with Crippen LogP contribution >= 0.6 is 11.3 Å². The summed E-state index contributed by atoms with van der Waals surface area (Å²) < 4.78 is 5.38. The van der Waals surface area contributed by atoms with E-state index in [0.29, 0.717) is 25.2 Å². The molecule has 0 radical (unpaired) electrons. The van der Waals surface area contributed by atoms with Crippen LogP contribution in [0, 0.1) is 5.92 Å². The zero-order chi connectivity index (χ0) is 18.6. The highest BCUT2D eigenvalue weighted by molar-refractivity contribution is 7.13. The summed E-state index contributed by atoms with van der Waals surface area (Å²) >= 11 is 1.62. The first-order chi connectivity index (χ1) is 13.2. The van der Waals surface area contributed by atoms with Gasteiger partial charge in [0, 0.05) is 44.1 Å². The molecule has 27 heavy (non-hydrogen) atoms. The minimum atomic E-state index is 0.0132. The van der Waals surface area contributed by atoms with Gasteiger partial charge in [-0.1, -0.05) is 0 Å². The van der Waals surface area contributed by atoms with Crippen molar-refractivity contribution < 1.29 is 14.6 Å². The number of aliphatic hydroxyl groups is 1. The van der Waals surface area contributed by atoms with E-state index in [4.69, 9.17) is 4.74 Å². The van der Waals surface area contributed by atoms with Gasteiger partial charge < -0.3 is 19.6 Å². The van der Waals surface area contributed by atoms with Gasteiger partial charge in [-0.3, -0.25) is 9.69 Å². The number of amides is 1. The molecule has 1 atom stereocenters. The number of piperidine rings is 2. The van der Waals surface area contributed by atoms with E-state index in [2.05, 4.69) is 14.8 Å². The Morgan fingerprint density at radius 3 is 2.67 bits per heavy atom. The van der Waals surface area contributed by atoms with Gasteiger partial charge in [0.15, 0.2) is 5.13 Å². The molecule has 4 heterocycles. The van der Waals surface area contributed by atoms with E-state index in [0.717, 1.165) is 75.8 Å². The molecule has 3 fully saturated rings. The van der Waals surface area contributed by atoms with Crippen molar-refractivity contribution in [1.29, 1.82) is 0 Å². The van der Waals surface area contributed by atoms with Crippen LogP contribution < -0.4 is 4.90 Å². The van der Waals surface area contributed by atoms with Gasteiger partial charge in [-0.2, -0.15) is 0 Å². The van der Waals surface area contributed by atoms with Crippen LogP contribution in [0.5, 0.6) is 0 Å². The monoisotopic (exact) mass is 394 g/mol. The van der Waals surface area contributed by atoms with Crippen LogP contribution in [0.4, 0.5) is 5.13 Å². The van der Waals surface area contributed by atoms with Gasteiger partial charge in [0.25, 0.3) is 0 Å². The highest BCUT2D eigenvalue weighted by Gasteiger charge is 2.34. The minimum absolute atomic E-state index is 0.0132. The first-order valence-corrected chi connectivity index (χ1v) is 11.0. The maximum atomic E-state index is 12.9. The summed E-state index contributed by atoms with van der Waals surface area (Å²) in [5.74, 6) is 0.487. The Balaban J connectivity index is 1.29. The number of thiazole rings is 1. The number of hydrogen-bond acceptors (Lipinski definition) is 7. The van der Waals surface area contributed by atoms with Crippen molar-refractivity contribution in [2.75, 3.05) is 57.4 Å². The average molecular weight is 395 g/mol. The zero-order valence-corrected chi connectivity index (χ0v) is 16.7. The fraction of sp³-hybridized carbons (Fsp3) is 0.789. The summed E-state index contributed by atoms with van der Waals surface area (Å²) in [6.07, 6.45) is 4.38. The summed E-state index contributed by atoms with van der Waals surface area (Å²) in [6, 6.07) is 0.568. The van der Waals surface area contributed by atoms with Gasteiger partial charge >= 0.3 is 0 Å². The second-order valence-corrected chi connectivity index (χ2v) is 8.61. The number of likely N-dealkylation sites (tertiary alicyclic amines) is 1. The van der Waals surface area contributed by atoms with Crippen LogP contribution in [0.25, 0.3) is 0 Å². The summed E-state index contributed by atoms with van der Waals surface area (Å²) in [6.45, 7) is 6.89. The number of carbonyl (C=O) groups is 1. The summed E-state index contributed by atoms with van der Waals surface area (Å²) in [7, 11) is 0. The number of carbonyl (C=O) groups excluding carboxylic acids is 1. The number of nitrogens with zero attached hydrogens (tertiary/aromatic N) is 4. The predicted octanol–water partition coefficient (Wildman–Crippen LogP) is 1.18. The Labute approximate surface area is 164 Å². The topological polar surface area (TPSA) is 69.1 Å². The molecular formula is C19H30N4O3S.